The monoisotopic (exact) mass is 288 g/mol. The zero-order valence-corrected chi connectivity index (χ0v) is 11.8. The van der Waals surface area contributed by atoms with Crippen LogP contribution < -0.4 is 5.32 Å². The standard InChI is InChI=1S/C15H16N2O4/c1-10(9-21-2)17-14(18)13(8-16)7-11-3-5-12(6-4-11)15(19)20/h3-7,10H,9H2,1-2H3,(H,17,18)(H,19,20)/b13-7-/t10-/m1/s1. The van der Waals surface area contributed by atoms with Crippen LogP contribution in [0.15, 0.2) is 29.8 Å². The minimum Gasteiger partial charge on any atom is -0.478 e. The number of methoxy groups -OCH3 is 1. The largest absolute Gasteiger partial charge is 0.478 e. The lowest BCUT2D eigenvalue weighted by atomic mass is 10.1. The molecule has 1 aromatic rings. The smallest absolute Gasteiger partial charge is 0.335 e. The molecule has 1 rings (SSSR count). The highest BCUT2D eigenvalue weighted by Gasteiger charge is 2.12. The van der Waals surface area contributed by atoms with E-state index < -0.39 is 11.9 Å². The number of carboxylic acid groups (broad SMARTS) is 1. The third-order valence-corrected chi connectivity index (χ3v) is 2.63. The highest BCUT2D eigenvalue weighted by molar-refractivity contribution is 6.01. The first kappa shape index (κ1) is 16.4. The van der Waals surface area contributed by atoms with E-state index in [2.05, 4.69) is 5.32 Å². The SMILES string of the molecule is COC[C@@H](C)NC(=O)/C(C#N)=C\c1ccc(C(=O)O)cc1. The van der Waals surface area contributed by atoms with Gasteiger partial charge in [0.2, 0.25) is 0 Å². The molecular formula is C15H16N2O4. The summed E-state index contributed by atoms with van der Waals surface area (Å²) in [6, 6.07) is 7.50. The van der Waals surface area contributed by atoms with E-state index in [1.54, 1.807) is 6.92 Å². The highest BCUT2D eigenvalue weighted by Crippen LogP contribution is 2.09. The molecule has 0 heterocycles. The van der Waals surface area contributed by atoms with Crippen molar-refractivity contribution in [2.75, 3.05) is 13.7 Å². The lowest BCUT2D eigenvalue weighted by Gasteiger charge is -2.11. The Morgan fingerprint density at radius 3 is 2.52 bits per heavy atom. The van der Waals surface area contributed by atoms with E-state index in [-0.39, 0.29) is 17.2 Å². The summed E-state index contributed by atoms with van der Waals surface area (Å²) < 4.78 is 4.90. The van der Waals surface area contributed by atoms with Gasteiger partial charge in [0.15, 0.2) is 0 Å². The maximum absolute atomic E-state index is 11.9. The molecule has 1 amide bonds. The van der Waals surface area contributed by atoms with E-state index >= 15 is 0 Å². The van der Waals surface area contributed by atoms with Crippen LogP contribution in [0.3, 0.4) is 0 Å². The van der Waals surface area contributed by atoms with Crippen molar-refractivity contribution < 1.29 is 19.4 Å². The van der Waals surface area contributed by atoms with Crippen LogP contribution in [-0.4, -0.2) is 36.7 Å². The van der Waals surface area contributed by atoms with Crippen molar-refractivity contribution in [3.05, 3.63) is 41.0 Å². The van der Waals surface area contributed by atoms with Gasteiger partial charge in [0.1, 0.15) is 11.6 Å². The van der Waals surface area contributed by atoms with E-state index in [4.69, 9.17) is 15.1 Å². The van der Waals surface area contributed by atoms with Gasteiger partial charge < -0.3 is 15.2 Å². The summed E-state index contributed by atoms with van der Waals surface area (Å²) >= 11 is 0. The zero-order chi connectivity index (χ0) is 15.8. The molecule has 0 bridgehead atoms. The van der Waals surface area contributed by atoms with Gasteiger partial charge in [-0.05, 0) is 30.7 Å². The first-order valence-corrected chi connectivity index (χ1v) is 6.23. The normalized spacial score (nSPS) is 12.3. The molecule has 0 radical (unpaired) electrons. The lowest BCUT2D eigenvalue weighted by molar-refractivity contribution is -0.117. The van der Waals surface area contributed by atoms with E-state index in [0.29, 0.717) is 12.2 Å². The number of hydrogen-bond donors (Lipinski definition) is 2. The number of hydrogen-bond acceptors (Lipinski definition) is 4. The van der Waals surface area contributed by atoms with E-state index in [1.165, 1.54) is 37.5 Å². The van der Waals surface area contributed by atoms with Gasteiger partial charge in [0.25, 0.3) is 5.91 Å². The zero-order valence-electron chi connectivity index (χ0n) is 11.8. The predicted octanol–water partition coefficient (Wildman–Crippen LogP) is 1.44. The van der Waals surface area contributed by atoms with Crippen molar-refractivity contribution in [1.29, 1.82) is 5.26 Å². The molecule has 0 saturated carbocycles. The van der Waals surface area contributed by atoms with Crippen LogP contribution in [0.4, 0.5) is 0 Å². The van der Waals surface area contributed by atoms with Gasteiger partial charge in [-0.3, -0.25) is 4.79 Å². The van der Waals surface area contributed by atoms with Crippen LogP contribution in [0.25, 0.3) is 6.08 Å². The molecule has 110 valence electrons. The summed E-state index contributed by atoms with van der Waals surface area (Å²) in [6.07, 6.45) is 1.40. The second-order valence-corrected chi connectivity index (χ2v) is 4.43. The molecule has 0 unspecified atom stereocenters. The lowest BCUT2D eigenvalue weighted by Crippen LogP contribution is -2.36. The fourth-order valence-electron chi connectivity index (χ4n) is 1.63. The third kappa shape index (κ3) is 5.09. The van der Waals surface area contributed by atoms with Gasteiger partial charge in [-0.15, -0.1) is 0 Å². The van der Waals surface area contributed by atoms with Gasteiger partial charge in [-0.2, -0.15) is 5.26 Å². The molecule has 1 aromatic carbocycles. The average molecular weight is 288 g/mol. The second-order valence-electron chi connectivity index (χ2n) is 4.43. The summed E-state index contributed by atoms with van der Waals surface area (Å²) in [5, 5.41) is 20.5. The number of aromatic carboxylic acids is 1. The van der Waals surface area contributed by atoms with E-state index in [9.17, 15) is 9.59 Å². The number of nitrogens with zero attached hydrogens (tertiary/aromatic N) is 1. The molecule has 6 heteroatoms. The van der Waals surface area contributed by atoms with E-state index in [1.807, 2.05) is 6.07 Å². The van der Waals surface area contributed by atoms with E-state index in [0.717, 1.165) is 0 Å². The Morgan fingerprint density at radius 2 is 2.05 bits per heavy atom. The van der Waals surface area contributed by atoms with Gasteiger partial charge >= 0.3 is 5.97 Å². The summed E-state index contributed by atoms with van der Waals surface area (Å²) in [5.74, 6) is -1.53. The topological polar surface area (TPSA) is 99.4 Å². The molecule has 0 fully saturated rings. The molecule has 6 nitrogen and oxygen atoms in total. The van der Waals surface area contributed by atoms with Crippen molar-refractivity contribution in [1.82, 2.24) is 5.32 Å². The molecule has 0 aliphatic carbocycles. The van der Waals surface area contributed by atoms with Gasteiger partial charge in [-0.25, -0.2) is 4.79 Å². The minimum absolute atomic E-state index is 0.0546. The van der Waals surface area contributed by atoms with Gasteiger partial charge in [-0.1, -0.05) is 12.1 Å². The molecule has 0 aromatic heterocycles. The number of nitriles is 1. The molecule has 1 atom stereocenters. The minimum atomic E-state index is -1.03. The van der Waals surface area contributed by atoms with Crippen molar-refractivity contribution in [3.8, 4) is 6.07 Å². The third-order valence-electron chi connectivity index (χ3n) is 2.63. The maximum atomic E-state index is 11.9. The molecule has 0 aliphatic heterocycles. The van der Waals surface area contributed by atoms with Crippen LogP contribution in [0.2, 0.25) is 0 Å². The van der Waals surface area contributed by atoms with Gasteiger partial charge in [0.05, 0.1) is 12.2 Å². The Balaban J connectivity index is 2.86. The predicted molar refractivity (Wildman–Crippen MR) is 76.5 cm³/mol. The number of ether oxygens (including phenoxy) is 1. The van der Waals surface area contributed by atoms with Crippen LogP contribution in [-0.2, 0) is 9.53 Å². The summed E-state index contributed by atoms with van der Waals surface area (Å²) in [7, 11) is 1.52. The fourth-order valence-corrected chi connectivity index (χ4v) is 1.63. The van der Waals surface area contributed by atoms with Crippen molar-refractivity contribution in [3.63, 3.8) is 0 Å². The maximum Gasteiger partial charge on any atom is 0.335 e. The molecular weight excluding hydrogens is 272 g/mol. The van der Waals surface area contributed by atoms with Gasteiger partial charge in [0, 0.05) is 13.2 Å². The van der Waals surface area contributed by atoms with Crippen LogP contribution in [0.1, 0.15) is 22.8 Å². The Hall–Kier alpha value is -2.65. The molecule has 0 aliphatic rings. The summed E-state index contributed by atoms with van der Waals surface area (Å²) in [5.41, 5.74) is 0.663. The van der Waals surface area contributed by atoms with Crippen LogP contribution in [0, 0.1) is 11.3 Å². The first-order chi connectivity index (χ1) is 9.97. The Bertz CT molecular complexity index is 585. The highest BCUT2D eigenvalue weighted by atomic mass is 16.5. The number of rotatable bonds is 6. The number of carbonyl (C=O) groups excluding carboxylic acids is 1. The van der Waals surface area contributed by atoms with Crippen molar-refractivity contribution >= 4 is 18.0 Å². The Labute approximate surface area is 122 Å². The number of carbonyl (C=O) groups is 2. The first-order valence-electron chi connectivity index (χ1n) is 6.23. The van der Waals surface area contributed by atoms with Crippen molar-refractivity contribution in [2.45, 2.75) is 13.0 Å². The average Bonchev–Trinajstić information content (AvgIpc) is 2.45. The molecule has 0 saturated heterocycles. The Kier molecular flexibility index (Phi) is 6.11. The van der Waals surface area contributed by atoms with Crippen LogP contribution >= 0.6 is 0 Å². The molecule has 0 spiro atoms. The molecule has 2 N–H and O–H groups in total. The second kappa shape index (κ2) is 7.82. The number of carboxylic acids is 1. The number of amides is 1. The summed E-state index contributed by atoms with van der Waals surface area (Å²) in [6.45, 7) is 2.11. The van der Waals surface area contributed by atoms with Crippen molar-refractivity contribution in [2.24, 2.45) is 0 Å². The quantitative estimate of drug-likeness (QED) is 0.609. The number of benzene rings is 1. The molecule has 21 heavy (non-hydrogen) atoms. The van der Waals surface area contributed by atoms with Crippen LogP contribution in [0.5, 0.6) is 0 Å². The number of nitrogens with one attached hydrogen (secondary N) is 1. The summed E-state index contributed by atoms with van der Waals surface area (Å²) in [4.78, 5) is 22.6. The fraction of sp³-hybridized carbons (Fsp3) is 0.267. The Morgan fingerprint density at radius 1 is 1.43 bits per heavy atom.